The van der Waals surface area contributed by atoms with Crippen molar-refractivity contribution in [1.82, 2.24) is 15.1 Å². The summed E-state index contributed by atoms with van der Waals surface area (Å²) < 4.78 is 1.72. The Balaban J connectivity index is 1.49. The molecule has 0 saturated heterocycles. The second kappa shape index (κ2) is 9.35. The number of carbonyl (C=O) groups is 2. The van der Waals surface area contributed by atoms with Gasteiger partial charge in [-0.3, -0.25) is 9.59 Å². The van der Waals surface area contributed by atoms with Gasteiger partial charge < -0.3 is 10.6 Å². The van der Waals surface area contributed by atoms with E-state index < -0.39 is 0 Å². The number of rotatable bonds is 5. The van der Waals surface area contributed by atoms with Gasteiger partial charge in [0.1, 0.15) is 0 Å². The molecule has 0 bridgehead atoms. The number of halogens is 1. The minimum absolute atomic E-state index is 0.181. The van der Waals surface area contributed by atoms with Gasteiger partial charge in [-0.1, -0.05) is 49.1 Å². The van der Waals surface area contributed by atoms with Gasteiger partial charge in [0.2, 0.25) is 0 Å². The number of aromatic nitrogens is 2. The van der Waals surface area contributed by atoms with Crippen LogP contribution in [0.3, 0.4) is 0 Å². The lowest BCUT2D eigenvalue weighted by molar-refractivity contribution is 0.0926. The fourth-order valence-electron chi connectivity index (χ4n) is 3.90. The lowest BCUT2D eigenvalue weighted by Crippen LogP contribution is -2.36. The summed E-state index contributed by atoms with van der Waals surface area (Å²) in [4.78, 5) is 25.5. The van der Waals surface area contributed by atoms with Crippen LogP contribution in [0.25, 0.3) is 5.69 Å². The van der Waals surface area contributed by atoms with Crippen LogP contribution in [0.4, 0.5) is 5.69 Å². The smallest absolute Gasteiger partial charge is 0.276 e. The van der Waals surface area contributed by atoms with Crippen molar-refractivity contribution in [3.63, 3.8) is 0 Å². The summed E-state index contributed by atoms with van der Waals surface area (Å²) in [6, 6.07) is 16.5. The summed E-state index contributed by atoms with van der Waals surface area (Å²) in [5.74, 6) is -0.559. The fraction of sp³-hybridized carbons (Fsp3) is 0.292. The van der Waals surface area contributed by atoms with Crippen LogP contribution in [0.5, 0.6) is 0 Å². The van der Waals surface area contributed by atoms with Crippen molar-refractivity contribution in [3.8, 4) is 5.69 Å². The highest BCUT2D eigenvalue weighted by molar-refractivity contribution is 6.34. The molecule has 0 spiro atoms. The van der Waals surface area contributed by atoms with Gasteiger partial charge in [0, 0.05) is 17.4 Å². The van der Waals surface area contributed by atoms with Gasteiger partial charge in [-0.15, -0.1) is 0 Å². The number of aryl methyl sites for hydroxylation is 1. The van der Waals surface area contributed by atoms with E-state index in [1.54, 1.807) is 28.9 Å². The third-order valence-electron chi connectivity index (χ3n) is 5.53. The Morgan fingerprint density at radius 2 is 1.74 bits per heavy atom. The van der Waals surface area contributed by atoms with Gasteiger partial charge in [0.25, 0.3) is 11.8 Å². The predicted octanol–water partition coefficient (Wildman–Crippen LogP) is 5.15. The molecule has 3 aromatic rings. The SMILES string of the molecule is Cc1cc(C(=O)Nc2ccc(Cl)c(C(=O)NC3CCCCC3)c2)nn1-c1ccccc1. The second-order valence-corrected chi connectivity index (χ2v) is 8.28. The normalized spacial score (nSPS) is 14.3. The molecule has 2 N–H and O–H groups in total. The van der Waals surface area contributed by atoms with E-state index in [0.29, 0.717) is 22.0 Å². The van der Waals surface area contributed by atoms with Crippen LogP contribution in [0, 0.1) is 6.92 Å². The first-order valence-electron chi connectivity index (χ1n) is 10.5. The van der Waals surface area contributed by atoms with Gasteiger partial charge in [-0.25, -0.2) is 4.68 Å². The van der Waals surface area contributed by atoms with Crippen LogP contribution in [-0.4, -0.2) is 27.6 Å². The van der Waals surface area contributed by atoms with E-state index in [0.717, 1.165) is 37.1 Å². The van der Waals surface area contributed by atoms with Crippen molar-refractivity contribution in [2.45, 2.75) is 45.1 Å². The minimum atomic E-state index is -0.348. The number of amides is 2. The molecule has 1 fully saturated rings. The number of hydrogen-bond donors (Lipinski definition) is 2. The molecule has 0 aliphatic heterocycles. The number of nitrogens with one attached hydrogen (secondary N) is 2. The van der Waals surface area contributed by atoms with Crippen LogP contribution in [0.15, 0.2) is 54.6 Å². The molecular weight excluding hydrogens is 412 g/mol. The third-order valence-corrected chi connectivity index (χ3v) is 5.86. The molecule has 0 unspecified atom stereocenters. The largest absolute Gasteiger partial charge is 0.349 e. The quantitative estimate of drug-likeness (QED) is 0.580. The molecule has 0 radical (unpaired) electrons. The summed E-state index contributed by atoms with van der Waals surface area (Å²) in [5, 5.41) is 10.7. The zero-order valence-electron chi connectivity index (χ0n) is 17.4. The number of hydrogen-bond acceptors (Lipinski definition) is 3. The van der Waals surface area contributed by atoms with Crippen molar-refractivity contribution in [3.05, 3.63) is 76.6 Å². The zero-order chi connectivity index (χ0) is 21.8. The number of carbonyl (C=O) groups excluding carboxylic acids is 2. The Hall–Kier alpha value is -3.12. The van der Waals surface area contributed by atoms with E-state index in [9.17, 15) is 9.59 Å². The molecule has 1 saturated carbocycles. The van der Waals surface area contributed by atoms with Gasteiger partial charge in [-0.05, 0) is 56.2 Å². The Morgan fingerprint density at radius 3 is 2.48 bits per heavy atom. The first kappa shape index (κ1) is 21.1. The van der Waals surface area contributed by atoms with Gasteiger partial charge in [-0.2, -0.15) is 5.10 Å². The van der Waals surface area contributed by atoms with Crippen molar-refractivity contribution in [1.29, 1.82) is 0 Å². The summed E-state index contributed by atoms with van der Waals surface area (Å²) >= 11 is 6.27. The van der Waals surface area contributed by atoms with E-state index >= 15 is 0 Å². The minimum Gasteiger partial charge on any atom is -0.349 e. The number of nitrogens with zero attached hydrogens (tertiary/aromatic N) is 2. The summed E-state index contributed by atoms with van der Waals surface area (Å²) in [5.41, 5.74) is 2.88. The highest BCUT2D eigenvalue weighted by Gasteiger charge is 2.20. The standard InChI is InChI=1S/C24H25ClN4O2/c1-16-14-22(28-29(16)19-10-6-3-7-11-19)24(31)27-18-12-13-21(25)20(15-18)23(30)26-17-8-4-2-5-9-17/h3,6-7,10-15,17H,2,4-5,8-9H2,1H3,(H,26,30)(H,27,31). The Labute approximate surface area is 186 Å². The van der Waals surface area contributed by atoms with E-state index in [-0.39, 0.29) is 17.9 Å². The van der Waals surface area contributed by atoms with Crippen molar-refractivity contribution in [2.75, 3.05) is 5.32 Å². The molecule has 4 rings (SSSR count). The third kappa shape index (κ3) is 4.97. The number of benzene rings is 2. The summed E-state index contributed by atoms with van der Waals surface area (Å²) in [6.07, 6.45) is 5.45. The average Bonchev–Trinajstić information content (AvgIpc) is 3.18. The Morgan fingerprint density at radius 1 is 1.00 bits per heavy atom. The fourth-order valence-corrected chi connectivity index (χ4v) is 4.10. The van der Waals surface area contributed by atoms with E-state index in [4.69, 9.17) is 11.6 Å². The number of para-hydroxylation sites is 1. The number of anilines is 1. The molecular formula is C24H25ClN4O2. The first-order chi connectivity index (χ1) is 15.0. The molecule has 1 heterocycles. The maximum absolute atomic E-state index is 12.8. The van der Waals surface area contributed by atoms with E-state index in [1.807, 2.05) is 37.3 Å². The molecule has 7 heteroatoms. The van der Waals surface area contributed by atoms with Gasteiger partial charge in [0.05, 0.1) is 16.3 Å². The van der Waals surface area contributed by atoms with Gasteiger partial charge in [0.15, 0.2) is 5.69 Å². The van der Waals surface area contributed by atoms with Crippen LogP contribution < -0.4 is 10.6 Å². The molecule has 1 aromatic heterocycles. The molecule has 6 nitrogen and oxygen atoms in total. The maximum atomic E-state index is 12.8. The highest BCUT2D eigenvalue weighted by atomic mass is 35.5. The molecule has 1 aliphatic rings. The predicted molar refractivity (Wildman–Crippen MR) is 122 cm³/mol. The van der Waals surface area contributed by atoms with Crippen LogP contribution in [0.1, 0.15) is 58.6 Å². The average molecular weight is 437 g/mol. The Kier molecular flexibility index (Phi) is 6.37. The van der Waals surface area contributed by atoms with Crippen molar-refractivity contribution in [2.24, 2.45) is 0 Å². The molecule has 31 heavy (non-hydrogen) atoms. The van der Waals surface area contributed by atoms with Crippen molar-refractivity contribution < 1.29 is 9.59 Å². The lowest BCUT2D eigenvalue weighted by Gasteiger charge is -2.23. The van der Waals surface area contributed by atoms with Crippen molar-refractivity contribution >= 4 is 29.1 Å². The Bertz CT molecular complexity index is 1090. The summed E-state index contributed by atoms with van der Waals surface area (Å²) in [6.45, 7) is 1.90. The van der Waals surface area contributed by atoms with Gasteiger partial charge >= 0.3 is 0 Å². The van der Waals surface area contributed by atoms with Crippen LogP contribution >= 0.6 is 11.6 Å². The molecule has 2 aromatic carbocycles. The second-order valence-electron chi connectivity index (χ2n) is 7.88. The van der Waals surface area contributed by atoms with Crippen LogP contribution in [-0.2, 0) is 0 Å². The topological polar surface area (TPSA) is 76.0 Å². The monoisotopic (exact) mass is 436 g/mol. The first-order valence-corrected chi connectivity index (χ1v) is 10.9. The molecule has 1 aliphatic carbocycles. The lowest BCUT2D eigenvalue weighted by atomic mass is 9.95. The van der Waals surface area contributed by atoms with Crippen LogP contribution in [0.2, 0.25) is 5.02 Å². The molecule has 0 atom stereocenters. The molecule has 160 valence electrons. The molecule has 2 amide bonds. The highest BCUT2D eigenvalue weighted by Crippen LogP contribution is 2.23. The zero-order valence-corrected chi connectivity index (χ0v) is 18.2. The van der Waals surface area contributed by atoms with E-state index in [1.165, 1.54) is 6.42 Å². The maximum Gasteiger partial charge on any atom is 0.276 e. The van der Waals surface area contributed by atoms with E-state index in [2.05, 4.69) is 15.7 Å². The summed E-state index contributed by atoms with van der Waals surface area (Å²) in [7, 11) is 0.